The number of hydrogen-bond donors (Lipinski definition) is 0. The average Bonchev–Trinajstić information content (AvgIpc) is 3.42. The Morgan fingerprint density at radius 1 is 0.778 bits per heavy atom. The number of nitrogens with zero attached hydrogens (tertiary/aromatic N) is 6. The van der Waals surface area contributed by atoms with Crippen molar-refractivity contribution in [2.45, 2.75) is 83.8 Å². The third-order valence-corrected chi connectivity index (χ3v) is 9.06. The van der Waals surface area contributed by atoms with Crippen LogP contribution in [0.5, 0.6) is 11.5 Å². The molecule has 0 aliphatic heterocycles. The van der Waals surface area contributed by atoms with E-state index in [1.54, 1.807) is 18.0 Å². The fourth-order valence-electron chi connectivity index (χ4n) is 5.40. The molecule has 244 valence electrons. The highest BCUT2D eigenvalue weighted by Crippen LogP contribution is 2.36. The van der Waals surface area contributed by atoms with Crippen LogP contribution in [-0.2, 0) is 6.54 Å². The summed E-state index contributed by atoms with van der Waals surface area (Å²) in [5, 5.41) is 0.755. The van der Waals surface area contributed by atoms with E-state index in [4.69, 9.17) is 14.5 Å². The van der Waals surface area contributed by atoms with Gasteiger partial charge >= 0.3 is 0 Å². The lowest BCUT2D eigenvalue weighted by atomic mass is 10.2. The Bertz CT molecular complexity index is 1450. The van der Waals surface area contributed by atoms with E-state index in [-0.39, 0.29) is 0 Å². The Kier molecular flexibility index (Phi) is 14.0. The largest absolute Gasteiger partial charge is 0.493 e. The Balaban J connectivity index is 1.63. The normalized spacial score (nSPS) is 11.6. The summed E-state index contributed by atoms with van der Waals surface area (Å²) >= 11 is 1.57. The summed E-state index contributed by atoms with van der Waals surface area (Å²) in [6.45, 7) is 21.5. The van der Waals surface area contributed by atoms with Crippen molar-refractivity contribution in [2.75, 3.05) is 52.5 Å². The smallest absolute Gasteiger partial charge is 0.192 e. The first-order valence-corrected chi connectivity index (χ1v) is 17.6. The van der Waals surface area contributed by atoms with Gasteiger partial charge < -0.3 is 23.8 Å². The molecule has 0 saturated heterocycles. The van der Waals surface area contributed by atoms with E-state index in [1.165, 1.54) is 0 Å². The summed E-state index contributed by atoms with van der Waals surface area (Å²) in [5.74, 6) is 2.59. The number of aryl methyl sites for hydroxylation is 2. The zero-order valence-electron chi connectivity index (χ0n) is 28.2. The van der Waals surface area contributed by atoms with Gasteiger partial charge in [0.2, 0.25) is 0 Å². The van der Waals surface area contributed by atoms with Crippen LogP contribution in [0.15, 0.2) is 58.7 Å². The van der Waals surface area contributed by atoms with E-state index in [1.807, 2.05) is 19.1 Å². The van der Waals surface area contributed by atoms with Crippen LogP contribution in [0, 0.1) is 6.92 Å². The lowest BCUT2D eigenvalue weighted by Gasteiger charge is -2.18. The molecular formula is C36H52N6O2S. The van der Waals surface area contributed by atoms with Crippen molar-refractivity contribution in [1.29, 1.82) is 0 Å². The van der Waals surface area contributed by atoms with Crippen LogP contribution in [0.2, 0.25) is 0 Å². The molecule has 9 heteroatoms. The van der Waals surface area contributed by atoms with Crippen molar-refractivity contribution < 1.29 is 9.47 Å². The van der Waals surface area contributed by atoms with Crippen molar-refractivity contribution in [3.05, 3.63) is 54.4 Å². The second-order valence-electron chi connectivity index (χ2n) is 11.3. The SMILES string of the molecule is CCCCn1c(-c2ccc(Sc3nccc(C)n3)cc2)nc2c(OCCCN(CC)CC)cc(OCCCN(CC)CC)cc21. The molecule has 8 nitrogen and oxygen atoms in total. The van der Waals surface area contributed by atoms with Crippen LogP contribution < -0.4 is 9.47 Å². The quantitative estimate of drug-likeness (QED) is 0.0718. The third kappa shape index (κ3) is 9.92. The minimum atomic E-state index is 0.640. The Morgan fingerprint density at radius 2 is 1.44 bits per heavy atom. The van der Waals surface area contributed by atoms with Crippen LogP contribution in [0.1, 0.15) is 66.0 Å². The number of fused-ring (bicyclic) bond motifs is 1. The van der Waals surface area contributed by atoms with Gasteiger partial charge in [-0.25, -0.2) is 15.0 Å². The maximum Gasteiger partial charge on any atom is 0.192 e. The predicted molar refractivity (Wildman–Crippen MR) is 187 cm³/mol. The first-order valence-electron chi connectivity index (χ1n) is 16.8. The average molecular weight is 633 g/mol. The molecular weight excluding hydrogens is 581 g/mol. The molecule has 0 aliphatic rings. The van der Waals surface area contributed by atoms with Crippen LogP contribution >= 0.6 is 11.8 Å². The number of aromatic nitrogens is 4. The molecule has 0 spiro atoms. The molecule has 0 saturated carbocycles. The number of ether oxygens (including phenoxy) is 2. The van der Waals surface area contributed by atoms with Crippen LogP contribution in [0.25, 0.3) is 22.4 Å². The first kappa shape index (κ1) is 34.7. The number of rotatable bonds is 20. The van der Waals surface area contributed by atoms with Crippen LogP contribution in [-0.4, -0.2) is 81.8 Å². The number of hydrogen-bond acceptors (Lipinski definition) is 8. The molecule has 0 bridgehead atoms. The zero-order valence-corrected chi connectivity index (χ0v) is 29.0. The van der Waals surface area contributed by atoms with Crippen LogP contribution in [0.4, 0.5) is 0 Å². The van der Waals surface area contributed by atoms with Gasteiger partial charge in [0.15, 0.2) is 10.9 Å². The molecule has 4 aromatic rings. The molecule has 2 heterocycles. The standard InChI is InChI=1S/C36H52N6O2S/c1-7-12-23-42-32-26-30(43-24-13-21-40(8-2)9-3)27-33(44-25-14-22-41(10-4)11-5)34(32)39-35(42)29-15-17-31(18-16-29)45-36-37-20-19-28(6)38-36/h15-20,26-27H,7-14,21-25H2,1-6H3. The molecule has 2 aromatic heterocycles. The van der Waals surface area contributed by atoms with Gasteiger partial charge in [0, 0.05) is 54.1 Å². The molecule has 0 radical (unpaired) electrons. The Morgan fingerprint density at radius 3 is 2.07 bits per heavy atom. The van der Waals surface area contributed by atoms with Gasteiger partial charge in [-0.3, -0.25) is 0 Å². The van der Waals surface area contributed by atoms with Crippen molar-refractivity contribution in [3.63, 3.8) is 0 Å². The minimum Gasteiger partial charge on any atom is -0.493 e. The number of imidazole rings is 1. The maximum absolute atomic E-state index is 6.47. The summed E-state index contributed by atoms with van der Waals surface area (Å²) < 4.78 is 15.2. The molecule has 0 atom stereocenters. The summed E-state index contributed by atoms with van der Waals surface area (Å²) in [6.07, 6.45) is 5.92. The summed E-state index contributed by atoms with van der Waals surface area (Å²) in [7, 11) is 0. The van der Waals surface area contributed by atoms with Crippen molar-refractivity contribution in [2.24, 2.45) is 0 Å². The Labute approximate surface area is 274 Å². The lowest BCUT2D eigenvalue weighted by Crippen LogP contribution is -2.25. The van der Waals surface area contributed by atoms with E-state index in [0.29, 0.717) is 13.2 Å². The van der Waals surface area contributed by atoms with E-state index in [9.17, 15) is 0 Å². The molecule has 0 amide bonds. The van der Waals surface area contributed by atoms with E-state index >= 15 is 0 Å². The highest BCUT2D eigenvalue weighted by molar-refractivity contribution is 7.99. The molecule has 0 unspecified atom stereocenters. The molecule has 0 N–H and O–H groups in total. The van der Waals surface area contributed by atoms with Gasteiger partial charge in [-0.05, 0) is 82.3 Å². The molecule has 0 fully saturated rings. The fraction of sp³-hybridized carbons (Fsp3) is 0.528. The van der Waals surface area contributed by atoms with Gasteiger partial charge in [-0.1, -0.05) is 53.2 Å². The zero-order chi connectivity index (χ0) is 32.0. The Hall–Kier alpha value is -3.14. The fourth-order valence-corrected chi connectivity index (χ4v) is 6.19. The van der Waals surface area contributed by atoms with Crippen molar-refractivity contribution in [1.82, 2.24) is 29.3 Å². The molecule has 0 aliphatic carbocycles. The molecule has 2 aromatic carbocycles. The lowest BCUT2D eigenvalue weighted by molar-refractivity contribution is 0.243. The van der Waals surface area contributed by atoms with E-state index in [2.05, 4.69) is 89.3 Å². The number of unbranched alkanes of at least 4 members (excludes halogenated alkanes) is 1. The summed E-state index contributed by atoms with van der Waals surface area (Å²) in [6, 6.07) is 14.7. The maximum atomic E-state index is 6.47. The van der Waals surface area contributed by atoms with Crippen molar-refractivity contribution >= 4 is 22.8 Å². The van der Waals surface area contributed by atoms with E-state index in [0.717, 1.165) is 121 Å². The monoisotopic (exact) mass is 632 g/mol. The first-order chi connectivity index (χ1) is 22.0. The van der Waals surface area contributed by atoms with Crippen LogP contribution in [0.3, 0.4) is 0 Å². The van der Waals surface area contributed by atoms with Gasteiger partial charge in [-0.2, -0.15) is 0 Å². The minimum absolute atomic E-state index is 0.640. The van der Waals surface area contributed by atoms with Gasteiger partial charge in [0.05, 0.1) is 18.7 Å². The highest BCUT2D eigenvalue weighted by Gasteiger charge is 2.19. The summed E-state index contributed by atoms with van der Waals surface area (Å²) in [4.78, 5) is 20.1. The van der Waals surface area contributed by atoms with Gasteiger partial charge in [0.25, 0.3) is 0 Å². The summed E-state index contributed by atoms with van der Waals surface area (Å²) in [5.41, 5.74) is 3.99. The van der Waals surface area contributed by atoms with E-state index < -0.39 is 0 Å². The van der Waals surface area contributed by atoms with Gasteiger partial charge in [0.1, 0.15) is 17.1 Å². The predicted octanol–water partition coefficient (Wildman–Crippen LogP) is 7.97. The third-order valence-electron chi connectivity index (χ3n) is 8.17. The molecule has 4 rings (SSSR count). The second-order valence-corrected chi connectivity index (χ2v) is 12.3. The topological polar surface area (TPSA) is 68.5 Å². The highest BCUT2D eigenvalue weighted by atomic mass is 32.2. The van der Waals surface area contributed by atoms with Gasteiger partial charge in [-0.15, -0.1) is 0 Å². The second kappa shape index (κ2) is 18.1. The molecule has 45 heavy (non-hydrogen) atoms. The number of benzene rings is 2. The van der Waals surface area contributed by atoms with Crippen molar-refractivity contribution in [3.8, 4) is 22.9 Å².